The molecular weight excluding hydrogens is 453 g/mol. The van der Waals surface area contributed by atoms with E-state index in [0.717, 1.165) is 4.90 Å². The topological polar surface area (TPSA) is 135 Å². The number of hydrogen-bond donors (Lipinski definition) is 3. The van der Waals surface area contributed by atoms with E-state index in [9.17, 15) is 13.2 Å². The predicted octanol–water partition coefficient (Wildman–Crippen LogP) is 0.680. The molecule has 34 heavy (non-hydrogen) atoms. The van der Waals surface area contributed by atoms with Gasteiger partial charge in [-0.05, 0) is 0 Å². The maximum atomic E-state index is 13.7. The van der Waals surface area contributed by atoms with Crippen LogP contribution in [0.2, 0.25) is 0 Å². The standard InChI is InChI=1S/C20H27F3N10O/c1-13(31-4-2-26-3-5-31)33(12-20(21,22)23)18-15(24)17(32-6-8-34-9-7-32)29-16(30-18)14-10-27-19(25)28-11-14/h10-11,26H,1-9,12,24H2,(H2,25,27,28). The van der Waals surface area contributed by atoms with E-state index < -0.39 is 12.7 Å². The number of nitrogens with zero attached hydrogens (tertiary/aromatic N) is 7. The van der Waals surface area contributed by atoms with Crippen LogP contribution < -0.4 is 26.6 Å². The molecule has 184 valence electrons. The first-order valence-electron chi connectivity index (χ1n) is 10.8. The van der Waals surface area contributed by atoms with Crippen LogP contribution in [0.4, 0.5) is 36.4 Å². The predicted molar refractivity (Wildman–Crippen MR) is 122 cm³/mol. The maximum Gasteiger partial charge on any atom is 0.406 e. The lowest BCUT2D eigenvalue weighted by Gasteiger charge is -2.38. The van der Waals surface area contributed by atoms with Crippen molar-refractivity contribution in [2.45, 2.75) is 6.18 Å². The number of aromatic nitrogens is 4. The van der Waals surface area contributed by atoms with Crippen LogP contribution in [0.25, 0.3) is 11.4 Å². The van der Waals surface area contributed by atoms with Gasteiger partial charge in [-0.2, -0.15) is 13.2 Å². The summed E-state index contributed by atoms with van der Waals surface area (Å²) in [6.07, 6.45) is -1.70. The average molecular weight is 480 g/mol. The van der Waals surface area contributed by atoms with Gasteiger partial charge in [-0.25, -0.2) is 19.9 Å². The van der Waals surface area contributed by atoms with Gasteiger partial charge in [-0.1, -0.05) is 6.58 Å². The van der Waals surface area contributed by atoms with Gasteiger partial charge < -0.3 is 36.2 Å². The van der Waals surface area contributed by atoms with Gasteiger partial charge in [0.15, 0.2) is 17.5 Å². The lowest BCUT2D eigenvalue weighted by atomic mass is 10.2. The number of piperazine rings is 1. The minimum absolute atomic E-state index is 0.0301. The number of nitrogen functional groups attached to an aromatic ring is 2. The number of anilines is 4. The van der Waals surface area contributed by atoms with Crippen LogP contribution in [0.3, 0.4) is 0 Å². The highest BCUT2D eigenvalue weighted by atomic mass is 19.4. The van der Waals surface area contributed by atoms with E-state index >= 15 is 0 Å². The van der Waals surface area contributed by atoms with E-state index in [-0.39, 0.29) is 29.1 Å². The number of ether oxygens (including phenoxy) is 1. The Kier molecular flexibility index (Phi) is 6.88. The van der Waals surface area contributed by atoms with Gasteiger partial charge in [0, 0.05) is 51.7 Å². The Morgan fingerprint density at radius 3 is 2.35 bits per heavy atom. The molecule has 2 aliphatic rings. The van der Waals surface area contributed by atoms with Gasteiger partial charge >= 0.3 is 6.18 Å². The van der Waals surface area contributed by atoms with Crippen LogP contribution in [-0.4, -0.2) is 90.0 Å². The lowest BCUT2D eigenvalue weighted by molar-refractivity contribution is -0.119. The summed E-state index contributed by atoms with van der Waals surface area (Å²) in [6, 6.07) is 0. The van der Waals surface area contributed by atoms with Gasteiger partial charge in [0.25, 0.3) is 0 Å². The van der Waals surface area contributed by atoms with Crippen molar-refractivity contribution in [3.63, 3.8) is 0 Å². The van der Waals surface area contributed by atoms with E-state index in [0.29, 0.717) is 63.9 Å². The maximum absolute atomic E-state index is 13.7. The lowest BCUT2D eigenvalue weighted by Crippen LogP contribution is -2.48. The molecule has 0 spiro atoms. The molecule has 2 aliphatic heterocycles. The van der Waals surface area contributed by atoms with Crippen LogP contribution in [-0.2, 0) is 4.74 Å². The number of nitrogens with one attached hydrogen (secondary N) is 1. The van der Waals surface area contributed by atoms with Crippen LogP contribution in [0.15, 0.2) is 24.8 Å². The van der Waals surface area contributed by atoms with Gasteiger partial charge in [0.2, 0.25) is 5.95 Å². The van der Waals surface area contributed by atoms with Crippen LogP contribution in [0.1, 0.15) is 0 Å². The SMILES string of the molecule is C=C(N1CCNCC1)N(CC(F)(F)F)c1nc(-c2cnc(N)nc2)nc(N2CCOCC2)c1N. The van der Waals surface area contributed by atoms with Gasteiger partial charge in [-0.3, -0.25) is 0 Å². The quantitative estimate of drug-likeness (QED) is 0.539. The normalized spacial score (nSPS) is 17.0. The monoisotopic (exact) mass is 480 g/mol. The molecule has 11 nitrogen and oxygen atoms in total. The van der Waals surface area contributed by atoms with Crippen molar-refractivity contribution in [1.29, 1.82) is 0 Å². The second-order valence-electron chi connectivity index (χ2n) is 7.89. The summed E-state index contributed by atoms with van der Waals surface area (Å²) in [6.45, 7) is 6.79. The summed E-state index contributed by atoms with van der Waals surface area (Å²) in [5.74, 6) is 0.589. The first-order valence-corrected chi connectivity index (χ1v) is 10.8. The highest BCUT2D eigenvalue weighted by Gasteiger charge is 2.36. The molecular formula is C20H27F3N10O. The number of halogens is 3. The smallest absolute Gasteiger partial charge is 0.393 e. The van der Waals surface area contributed by atoms with Crippen molar-refractivity contribution in [1.82, 2.24) is 30.2 Å². The summed E-state index contributed by atoms with van der Waals surface area (Å²) in [7, 11) is 0. The van der Waals surface area contributed by atoms with E-state index in [1.165, 1.54) is 12.4 Å². The van der Waals surface area contributed by atoms with Crippen LogP contribution >= 0.6 is 0 Å². The average Bonchev–Trinajstić information content (AvgIpc) is 2.83. The molecule has 2 aromatic heterocycles. The molecule has 0 unspecified atom stereocenters. The highest BCUT2D eigenvalue weighted by Crippen LogP contribution is 2.36. The van der Waals surface area contributed by atoms with Gasteiger partial charge in [-0.15, -0.1) is 0 Å². The summed E-state index contributed by atoms with van der Waals surface area (Å²) in [5, 5.41) is 3.18. The Morgan fingerprint density at radius 1 is 1.09 bits per heavy atom. The molecule has 0 amide bonds. The third kappa shape index (κ3) is 5.39. The molecule has 0 atom stereocenters. The molecule has 4 rings (SSSR count). The second-order valence-corrected chi connectivity index (χ2v) is 7.89. The fourth-order valence-corrected chi connectivity index (χ4v) is 3.81. The van der Waals surface area contributed by atoms with E-state index in [1.807, 2.05) is 4.90 Å². The number of morpholine rings is 1. The zero-order valence-electron chi connectivity index (χ0n) is 18.6. The third-order valence-corrected chi connectivity index (χ3v) is 5.53. The first-order chi connectivity index (χ1) is 16.2. The summed E-state index contributed by atoms with van der Waals surface area (Å²) < 4.78 is 46.5. The Hall–Kier alpha value is -3.39. The van der Waals surface area contributed by atoms with E-state index in [4.69, 9.17) is 16.2 Å². The minimum atomic E-state index is -4.53. The first kappa shape index (κ1) is 23.8. The molecule has 14 heteroatoms. The Labute approximate surface area is 194 Å². The third-order valence-electron chi connectivity index (χ3n) is 5.53. The van der Waals surface area contributed by atoms with Crippen LogP contribution in [0.5, 0.6) is 0 Å². The van der Waals surface area contributed by atoms with Crippen molar-refractivity contribution in [2.24, 2.45) is 0 Å². The Morgan fingerprint density at radius 2 is 1.74 bits per heavy atom. The molecule has 2 saturated heterocycles. The van der Waals surface area contributed by atoms with Crippen molar-refractivity contribution < 1.29 is 17.9 Å². The molecule has 0 bridgehead atoms. The molecule has 0 aromatic carbocycles. The van der Waals surface area contributed by atoms with E-state index in [2.05, 4.69) is 31.8 Å². The van der Waals surface area contributed by atoms with E-state index in [1.54, 1.807) is 4.90 Å². The molecule has 2 fully saturated rings. The molecule has 0 saturated carbocycles. The van der Waals surface area contributed by atoms with Crippen molar-refractivity contribution in [2.75, 3.05) is 80.3 Å². The van der Waals surface area contributed by atoms with Gasteiger partial charge in [0.05, 0.1) is 18.8 Å². The summed E-state index contributed by atoms with van der Waals surface area (Å²) in [5.41, 5.74) is 12.4. The Bertz CT molecular complexity index is 1000. The number of nitrogens with two attached hydrogens (primary N) is 2. The summed E-state index contributed by atoms with van der Waals surface area (Å²) in [4.78, 5) is 21.6. The second kappa shape index (κ2) is 9.85. The minimum Gasteiger partial charge on any atom is -0.393 e. The largest absolute Gasteiger partial charge is 0.406 e. The van der Waals surface area contributed by atoms with Crippen molar-refractivity contribution in [3.05, 3.63) is 24.8 Å². The van der Waals surface area contributed by atoms with Crippen LogP contribution in [0, 0.1) is 0 Å². The molecule has 5 N–H and O–H groups in total. The number of hydrogen-bond acceptors (Lipinski definition) is 11. The molecule has 4 heterocycles. The number of alkyl halides is 3. The van der Waals surface area contributed by atoms with Crippen molar-refractivity contribution in [3.8, 4) is 11.4 Å². The molecule has 0 radical (unpaired) electrons. The van der Waals surface area contributed by atoms with Gasteiger partial charge in [0.1, 0.15) is 18.1 Å². The fourth-order valence-electron chi connectivity index (χ4n) is 3.81. The number of rotatable bonds is 6. The Balaban J connectivity index is 1.83. The molecule has 2 aromatic rings. The highest BCUT2D eigenvalue weighted by molar-refractivity contribution is 5.80. The van der Waals surface area contributed by atoms with Crippen molar-refractivity contribution >= 4 is 23.3 Å². The molecule has 0 aliphatic carbocycles. The fraction of sp³-hybridized carbons (Fsp3) is 0.500. The summed E-state index contributed by atoms with van der Waals surface area (Å²) >= 11 is 0. The zero-order valence-corrected chi connectivity index (χ0v) is 18.6. The zero-order chi connectivity index (χ0) is 24.3.